The zero-order valence-electron chi connectivity index (χ0n) is 9.98. The molecule has 0 radical (unpaired) electrons. The van der Waals surface area contributed by atoms with Gasteiger partial charge in [-0.15, -0.1) is 0 Å². The van der Waals surface area contributed by atoms with Gasteiger partial charge in [0.15, 0.2) is 6.29 Å². The standard InChI is InChI=1S/C11H20O6/c1-6(2)3-4-16-11-10(15)9(14)8(13)7(5-12)17-11/h3,7-15H,4-5H2,1-2H3/t7?,8-,9?,10-,11-/m1/s1. The Morgan fingerprint density at radius 1 is 1.18 bits per heavy atom. The molecule has 1 aliphatic heterocycles. The first-order valence-corrected chi connectivity index (χ1v) is 5.53. The zero-order chi connectivity index (χ0) is 13.0. The topological polar surface area (TPSA) is 99.4 Å². The quantitative estimate of drug-likeness (QED) is 0.465. The fourth-order valence-corrected chi connectivity index (χ4v) is 1.51. The van der Waals surface area contributed by atoms with Gasteiger partial charge >= 0.3 is 0 Å². The van der Waals surface area contributed by atoms with Crippen LogP contribution in [0.4, 0.5) is 0 Å². The van der Waals surface area contributed by atoms with Crippen molar-refractivity contribution in [3.05, 3.63) is 11.6 Å². The fourth-order valence-electron chi connectivity index (χ4n) is 1.51. The Morgan fingerprint density at radius 2 is 1.82 bits per heavy atom. The van der Waals surface area contributed by atoms with Crippen LogP contribution in [0.3, 0.4) is 0 Å². The van der Waals surface area contributed by atoms with E-state index in [-0.39, 0.29) is 6.61 Å². The third-order valence-corrected chi connectivity index (χ3v) is 2.60. The molecular weight excluding hydrogens is 228 g/mol. The first-order valence-electron chi connectivity index (χ1n) is 5.53. The summed E-state index contributed by atoms with van der Waals surface area (Å²) in [7, 11) is 0. The molecule has 0 aromatic rings. The van der Waals surface area contributed by atoms with E-state index in [1.165, 1.54) is 0 Å². The van der Waals surface area contributed by atoms with Crippen molar-refractivity contribution in [1.82, 2.24) is 0 Å². The molecule has 2 unspecified atom stereocenters. The molecule has 1 fully saturated rings. The van der Waals surface area contributed by atoms with Crippen molar-refractivity contribution < 1.29 is 29.9 Å². The van der Waals surface area contributed by atoms with E-state index in [4.69, 9.17) is 14.6 Å². The van der Waals surface area contributed by atoms with Crippen LogP contribution in [0.5, 0.6) is 0 Å². The molecule has 6 heteroatoms. The minimum Gasteiger partial charge on any atom is -0.394 e. The van der Waals surface area contributed by atoms with Crippen molar-refractivity contribution in [2.24, 2.45) is 0 Å². The predicted octanol–water partition coefficient (Wildman–Crippen LogP) is -1.23. The fraction of sp³-hybridized carbons (Fsp3) is 0.818. The Bertz CT molecular complexity index is 261. The largest absolute Gasteiger partial charge is 0.394 e. The lowest BCUT2D eigenvalue weighted by atomic mass is 9.99. The summed E-state index contributed by atoms with van der Waals surface area (Å²) >= 11 is 0. The molecule has 5 atom stereocenters. The van der Waals surface area contributed by atoms with Gasteiger partial charge in [-0.1, -0.05) is 11.6 Å². The van der Waals surface area contributed by atoms with E-state index >= 15 is 0 Å². The average molecular weight is 248 g/mol. The van der Waals surface area contributed by atoms with Gasteiger partial charge in [-0.05, 0) is 13.8 Å². The van der Waals surface area contributed by atoms with Crippen LogP contribution < -0.4 is 0 Å². The maximum atomic E-state index is 9.62. The van der Waals surface area contributed by atoms with Crippen LogP contribution in [-0.4, -0.2) is 64.3 Å². The first kappa shape index (κ1) is 14.6. The highest BCUT2D eigenvalue weighted by molar-refractivity contribution is 4.94. The molecule has 1 heterocycles. The third-order valence-electron chi connectivity index (χ3n) is 2.60. The third kappa shape index (κ3) is 3.74. The average Bonchev–Trinajstić information content (AvgIpc) is 2.29. The van der Waals surface area contributed by atoms with E-state index in [9.17, 15) is 15.3 Å². The van der Waals surface area contributed by atoms with Crippen LogP contribution in [-0.2, 0) is 9.47 Å². The van der Waals surface area contributed by atoms with E-state index in [0.717, 1.165) is 5.57 Å². The molecule has 0 aliphatic carbocycles. The molecule has 1 rings (SSSR count). The Kier molecular flexibility index (Phi) is 5.51. The van der Waals surface area contributed by atoms with Crippen molar-refractivity contribution in [2.45, 2.75) is 44.6 Å². The summed E-state index contributed by atoms with van der Waals surface area (Å²) in [6.45, 7) is 3.58. The van der Waals surface area contributed by atoms with Gasteiger partial charge in [-0.25, -0.2) is 0 Å². The van der Waals surface area contributed by atoms with Crippen LogP contribution in [0, 0.1) is 0 Å². The van der Waals surface area contributed by atoms with Crippen LogP contribution >= 0.6 is 0 Å². The summed E-state index contributed by atoms with van der Waals surface area (Å²) in [5, 5.41) is 37.6. The van der Waals surface area contributed by atoms with Gasteiger partial charge in [-0.3, -0.25) is 0 Å². The summed E-state index contributed by atoms with van der Waals surface area (Å²) in [6.07, 6.45) is -4.26. The number of hydrogen-bond donors (Lipinski definition) is 4. The Balaban J connectivity index is 2.56. The molecule has 17 heavy (non-hydrogen) atoms. The molecule has 4 N–H and O–H groups in total. The van der Waals surface area contributed by atoms with Crippen molar-refractivity contribution in [3.63, 3.8) is 0 Å². The number of aliphatic hydroxyl groups is 4. The SMILES string of the molecule is CC(C)=CCO[C@@H]1OC(CO)[C@@H](O)C(O)[C@H]1O. The Hall–Kier alpha value is -0.500. The molecule has 0 bridgehead atoms. The predicted molar refractivity (Wildman–Crippen MR) is 59.2 cm³/mol. The highest BCUT2D eigenvalue weighted by Crippen LogP contribution is 2.21. The molecule has 0 spiro atoms. The number of hydrogen-bond acceptors (Lipinski definition) is 6. The minimum atomic E-state index is -1.39. The molecule has 0 aromatic heterocycles. The second kappa shape index (κ2) is 6.44. The number of rotatable bonds is 4. The van der Waals surface area contributed by atoms with Crippen LogP contribution in [0.1, 0.15) is 13.8 Å². The highest BCUT2D eigenvalue weighted by atomic mass is 16.7. The van der Waals surface area contributed by atoms with Gasteiger partial charge in [0.2, 0.25) is 0 Å². The summed E-state index contributed by atoms with van der Waals surface area (Å²) in [5.41, 5.74) is 1.05. The molecule has 6 nitrogen and oxygen atoms in total. The number of aliphatic hydroxyl groups excluding tert-OH is 4. The minimum absolute atomic E-state index is 0.227. The van der Waals surface area contributed by atoms with Gasteiger partial charge in [0.25, 0.3) is 0 Å². The van der Waals surface area contributed by atoms with Gasteiger partial charge in [0.05, 0.1) is 13.2 Å². The molecule has 0 aromatic carbocycles. The Morgan fingerprint density at radius 3 is 2.35 bits per heavy atom. The van der Waals surface area contributed by atoms with E-state index in [2.05, 4.69) is 0 Å². The lowest BCUT2D eigenvalue weighted by molar-refractivity contribution is -0.298. The smallest absolute Gasteiger partial charge is 0.187 e. The lowest BCUT2D eigenvalue weighted by Crippen LogP contribution is -2.59. The molecule has 100 valence electrons. The molecule has 1 aliphatic rings. The zero-order valence-corrected chi connectivity index (χ0v) is 9.98. The van der Waals surface area contributed by atoms with Crippen LogP contribution in [0.25, 0.3) is 0 Å². The lowest BCUT2D eigenvalue weighted by Gasteiger charge is -2.39. The second-order valence-electron chi connectivity index (χ2n) is 4.31. The first-order chi connectivity index (χ1) is 7.97. The Labute approximate surface area is 100 Å². The van der Waals surface area contributed by atoms with Crippen molar-refractivity contribution >= 4 is 0 Å². The summed E-state index contributed by atoms with van der Waals surface area (Å²) in [4.78, 5) is 0. The van der Waals surface area contributed by atoms with Gasteiger partial charge < -0.3 is 29.9 Å². The van der Waals surface area contributed by atoms with E-state index < -0.39 is 37.3 Å². The van der Waals surface area contributed by atoms with E-state index in [1.54, 1.807) is 6.08 Å². The maximum Gasteiger partial charge on any atom is 0.187 e. The monoisotopic (exact) mass is 248 g/mol. The van der Waals surface area contributed by atoms with E-state index in [1.807, 2.05) is 13.8 Å². The second-order valence-corrected chi connectivity index (χ2v) is 4.31. The molecule has 0 amide bonds. The maximum absolute atomic E-state index is 9.62. The molecule has 0 saturated carbocycles. The number of ether oxygens (including phenoxy) is 2. The van der Waals surface area contributed by atoms with Crippen molar-refractivity contribution in [1.29, 1.82) is 0 Å². The van der Waals surface area contributed by atoms with Crippen LogP contribution in [0.15, 0.2) is 11.6 Å². The van der Waals surface area contributed by atoms with E-state index in [0.29, 0.717) is 0 Å². The molecular formula is C11H20O6. The summed E-state index contributed by atoms with van der Waals surface area (Å²) in [6, 6.07) is 0. The van der Waals surface area contributed by atoms with Gasteiger partial charge in [-0.2, -0.15) is 0 Å². The number of allylic oxidation sites excluding steroid dienone is 1. The normalized spacial score (nSPS) is 37.9. The van der Waals surface area contributed by atoms with Crippen molar-refractivity contribution in [2.75, 3.05) is 13.2 Å². The summed E-state index contributed by atoms with van der Waals surface area (Å²) in [5.74, 6) is 0. The highest BCUT2D eigenvalue weighted by Gasteiger charge is 2.43. The van der Waals surface area contributed by atoms with Gasteiger partial charge in [0, 0.05) is 0 Å². The van der Waals surface area contributed by atoms with Crippen LogP contribution in [0.2, 0.25) is 0 Å². The van der Waals surface area contributed by atoms with Crippen molar-refractivity contribution in [3.8, 4) is 0 Å². The molecule has 1 saturated heterocycles. The summed E-state index contributed by atoms with van der Waals surface area (Å²) < 4.78 is 10.4. The van der Waals surface area contributed by atoms with Gasteiger partial charge in [0.1, 0.15) is 24.4 Å².